The van der Waals surface area contributed by atoms with Crippen LogP contribution in [-0.2, 0) is 0 Å². The maximum atomic E-state index is 12.8. The van der Waals surface area contributed by atoms with Gasteiger partial charge in [0.25, 0.3) is 5.91 Å². The highest BCUT2D eigenvalue weighted by atomic mass is 35.5. The normalized spacial score (nSPS) is 17.7. The molecule has 1 fully saturated rings. The van der Waals surface area contributed by atoms with Crippen LogP contribution in [0.3, 0.4) is 0 Å². The predicted molar refractivity (Wildman–Crippen MR) is 85.4 cm³/mol. The molecule has 1 aliphatic heterocycles. The van der Waals surface area contributed by atoms with Crippen LogP contribution in [0.25, 0.3) is 5.65 Å². The van der Waals surface area contributed by atoms with Crippen molar-refractivity contribution >= 4 is 34.5 Å². The number of halogens is 1. The number of amides is 1. The van der Waals surface area contributed by atoms with Crippen molar-refractivity contribution in [1.82, 2.24) is 19.5 Å². The minimum absolute atomic E-state index is 0.127. The van der Waals surface area contributed by atoms with E-state index in [1.165, 1.54) is 4.88 Å². The molecule has 1 atom stereocenters. The maximum absolute atomic E-state index is 12.8. The Morgan fingerprint density at radius 2 is 2.36 bits per heavy atom. The van der Waals surface area contributed by atoms with Crippen LogP contribution in [0, 0.1) is 6.92 Å². The van der Waals surface area contributed by atoms with E-state index in [1.54, 1.807) is 22.0 Å². The second-order valence-corrected chi connectivity index (χ2v) is 6.74. The van der Waals surface area contributed by atoms with Gasteiger partial charge in [-0.1, -0.05) is 17.7 Å². The Hall–Kier alpha value is -1.92. The summed E-state index contributed by atoms with van der Waals surface area (Å²) in [6, 6.07) is 4.21. The van der Waals surface area contributed by atoms with Crippen molar-refractivity contribution in [2.75, 3.05) is 6.54 Å². The summed E-state index contributed by atoms with van der Waals surface area (Å²) in [5.74, 6) is -0.127. The van der Waals surface area contributed by atoms with E-state index < -0.39 is 0 Å². The fourth-order valence-electron chi connectivity index (χ4n) is 2.68. The van der Waals surface area contributed by atoms with Gasteiger partial charge in [-0.2, -0.15) is 5.10 Å². The molecule has 4 rings (SSSR count). The minimum Gasteiger partial charge on any atom is -0.329 e. The van der Waals surface area contributed by atoms with Crippen molar-refractivity contribution in [3.05, 3.63) is 51.1 Å². The number of thiophene rings is 1. The number of fused-ring (bicyclic) bond motifs is 1. The highest BCUT2D eigenvalue weighted by Gasteiger charge is 2.36. The minimum atomic E-state index is -0.127. The van der Waals surface area contributed by atoms with E-state index >= 15 is 0 Å². The monoisotopic (exact) mass is 332 g/mol. The molecule has 4 heterocycles. The van der Waals surface area contributed by atoms with Crippen molar-refractivity contribution < 1.29 is 4.79 Å². The van der Waals surface area contributed by atoms with E-state index in [9.17, 15) is 4.79 Å². The van der Waals surface area contributed by atoms with Gasteiger partial charge in [0.2, 0.25) is 0 Å². The summed E-state index contributed by atoms with van der Waals surface area (Å²) in [5.41, 5.74) is 1.76. The van der Waals surface area contributed by atoms with Crippen LogP contribution in [0.4, 0.5) is 0 Å². The molecule has 3 aromatic heterocycles. The predicted octanol–water partition coefficient (Wildman–Crippen LogP) is 3.34. The van der Waals surface area contributed by atoms with E-state index in [1.807, 2.05) is 29.5 Å². The molecule has 1 aliphatic rings. The smallest absolute Gasteiger partial charge is 0.276 e. The molecule has 0 aromatic carbocycles. The van der Waals surface area contributed by atoms with Crippen LogP contribution >= 0.6 is 22.9 Å². The largest absolute Gasteiger partial charge is 0.329 e. The number of hydrogen-bond acceptors (Lipinski definition) is 4. The fourth-order valence-corrected chi connectivity index (χ4v) is 3.81. The SMILES string of the molecule is Cc1cnc2c(Cl)c(C(=O)N3CC[C@H]3c3cccs3)nn2c1. The molecule has 3 aromatic rings. The van der Waals surface area contributed by atoms with Gasteiger partial charge in [-0.05, 0) is 30.4 Å². The molecule has 0 radical (unpaired) electrons. The fraction of sp³-hybridized carbons (Fsp3) is 0.267. The van der Waals surface area contributed by atoms with Gasteiger partial charge in [-0.25, -0.2) is 9.50 Å². The quantitative estimate of drug-likeness (QED) is 0.723. The third-order valence-corrected chi connectivity index (χ3v) is 5.22. The molecular weight excluding hydrogens is 320 g/mol. The molecule has 112 valence electrons. The highest BCUT2D eigenvalue weighted by molar-refractivity contribution is 7.10. The van der Waals surface area contributed by atoms with Gasteiger partial charge >= 0.3 is 0 Å². The topological polar surface area (TPSA) is 50.5 Å². The number of hydrogen-bond donors (Lipinski definition) is 0. The van der Waals surface area contributed by atoms with Gasteiger partial charge in [0.05, 0.1) is 6.04 Å². The van der Waals surface area contributed by atoms with Crippen LogP contribution < -0.4 is 0 Å². The zero-order valence-corrected chi connectivity index (χ0v) is 13.4. The molecule has 1 amide bonds. The lowest BCUT2D eigenvalue weighted by molar-refractivity contribution is 0.0461. The first kappa shape index (κ1) is 13.7. The van der Waals surface area contributed by atoms with Crippen molar-refractivity contribution in [2.24, 2.45) is 0 Å². The molecular formula is C15H13ClN4OS. The van der Waals surface area contributed by atoms with E-state index in [0.29, 0.717) is 10.7 Å². The van der Waals surface area contributed by atoms with E-state index in [4.69, 9.17) is 11.6 Å². The molecule has 5 nitrogen and oxygen atoms in total. The van der Waals surface area contributed by atoms with Crippen molar-refractivity contribution in [3.63, 3.8) is 0 Å². The summed E-state index contributed by atoms with van der Waals surface area (Å²) in [4.78, 5) is 20.0. The average molecular weight is 333 g/mol. The van der Waals surface area contributed by atoms with Gasteiger partial charge in [0.15, 0.2) is 11.3 Å². The van der Waals surface area contributed by atoms with Gasteiger partial charge in [-0.15, -0.1) is 11.3 Å². The Labute approximate surface area is 136 Å². The van der Waals surface area contributed by atoms with E-state index in [-0.39, 0.29) is 17.6 Å². The molecule has 0 N–H and O–H groups in total. The first-order valence-electron chi connectivity index (χ1n) is 7.00. The van der Waals surface area contributed by atoms with Crippen LogP contribution in [-0.4, -0.2) is 31.9 Å². The number of aryl methyl sites for hydroxylation is 1. The average Bonchev–Trinajstić information content (AvgIpc) is 3.06. The van der Waals surface area contributed by atoms with Gasteiger partial charge in [0, 0.05) is 23.8 Å². The number of aromatic nitrogens is 3. The van der Waals surface area contributed by atoms with Crippen LogP contribution in [0.1, 0.15) is 33.4 Å². The third-order valence-electron chi connectivity index (χ3n) is 3.90. The number of likely N-dealkylation sites (tertiary alicyclic amines) is 1. The lowest BCUT2D eigenvalue weighted by Gasteiger charge is -2.40. The summed E-state index contributed by atoms with van der Waals surface area (Å²) in [5, 5.41) is 6.68. The molecule has 0 spiro atoms. The standard InChI is InChI=1S/C15H13ClN4OS/c1-9-7-17-14-12(16)13(18-20(14)8-9)15(21)19-5-4-10(19)11-3-2-6-22-11/h2-3,6-8,10H,4-5H2,1H3/t10-/m0/s1. The summed E-state index contributed by atoms with van der Waals surface area (Å²) in [6.07, 6.45) is 4.52. The van der Waals surface area contributed by atoms with Gasteiger partial charge in [-0.3, -0.25) is 4.79 Å². The summed E-state index contributed by atoms with van der Waals surface area (Å²) in [6.45, 7) is 2.66. The van der Waals surface area contributed by atoms with E-state index in [0.717, 1.165) is 18.5 Å². The first-order valence-corrected chi connectivity index (χ1v) is 8.26. The second kappa shape index (κ2) is 5.07. The molecule has 0 aliphatic carbocycles. The maximum Gasteiger partial charge on any atom is 0.276 e. The van der Waals surface area contributed by atoms with Gasteiger partial charge in [0.1, 0.15) is 5.02 Å². The Morgan fingerprint density at radius 1 is 1.50 bits per heavy atom. The zero-order chi connectivity index (χ0) is 15.3. The Balaban J connectivity index is 1.70. The van der Waals surface area contributed by atoms with Crippen LogP contribution in [0.2, 0.25) is 5.02 Å². The molecule has 7 heteroatoms. The molecule has 0 bridgehead atoms. The molecule has 0 saturated carbocycles. The van der Waals surface area contributed by atoms with Crippen LogP contribution in [0.15, 0.2) is 29.9 Å². The number of rotatable bonds is 2. The summed E-state index contributed by atoms with van der Waals surface area (Å²) < 4.78 is 1.57. The first-order chi connectivity index (χ1) is 10.6. The molecule has 22 heavy (non-hydrogen) atoms. The second-order valence-electron chi connectivity index (χ2n) is 5.38. The Bertz CT molecular complexity index is 858. The highest BCUT2D eigenvalue weighted by Crippen LogP contribution is 2.37. The number of carbonyl (C=O) groups excluding carboxylic acids is 1. The number of nitrogens with zero attached hydrogens (tertiary/aromatic N) is 4. The molecule has 1 saturated heterocycles. The third kappa shape index (κ3) is 2.02. The van der Waals surface area contributed by atoms with Crippen molar-refractivity contribution in [3.8, 4) is 0 Å². The van der Waals surface area contributed by atoms with Crippen LogP contribution in [0.5, 0.6) is 0 Å². The van der Waals surface area contributed by atoms with E-state index in [2.05, 4.69) is 16.1 Å². The molecule has 0 unspecified atom stereocenters. The van der Waals surface area contributed by atoms with Crippen molar-refractivity contribution in [2.45, 2.75) is 19.4 Å². The Kier molecular flexibility index (Phi) is 3.16. The van der Waals surface area contributed by atoms with Gasteiger partial charge < -0.3 is 4.90 Å². The lowest BCUT2D eigenvalue weighted by atomic mass is 10.0. The van der Waals surface area contributed by atoms with Crippen molar-refractivity contribution in [1.29, 1.82) is 0 Å². The number of carbonyl (C=O) groups is 1. The summed E-state index contributed by atoms with van der Waals surface area (Å²) >= 11 is 7.98. The Morgan fingerprint density at radius 3 is 3.05 bits per heavy atom. The lowest BCUT2D eigenvalue weighted by Crippen LogP contribution is -2.45. The summed E-state index contributed by atoms with van der Waals surface area (Å²) in [7, 11) is 0. The zero-order valence-electron chi connectivity index (χ0n) is 11.9.